The standard InChI is InChI=1S/C24H29N3O6S/c1-3-26(4-2)34(30,31)20-9-7-19(8-10-20)27-16-17(14-23(27)28)24(29)25-18-6-11-21-22(15-18)33-13-5-12-32-21/h6-11,15,17H,3-5,12-14,16H2,1-2H3,(H,25,29)/t17-/m0/s1. The zero-order valence-electron chi connectivity index (χ0n) is 19.3. The maximum atomic E-state index is 12.9. The van der Waals surface area contributed by atoms with Crippen molar-refractivity contribution >= 4 is 33.2 Å². The average Bonchev–Trinajstić information content (AvgIpc) is 3.06. The summed E-state index contributed by atoms with van der Waals surface area (Å²) in [5.41, 5.74) is 1.14. The molecule has 9 nitrogen and oxygen atoms in total. The van der Waals surface area contributed by atoms with Crippen molar-refractivity contribution < 1.29 is 27.5 Å². The molecule has 2 aliphatic heterocycles. The summed E-state index contributed by atoms with van der Waals surface area (Å²) in [6, 6.07) is 11.5. The Morgan fingerprint density at radius 2 is 1.74 bits per heavy atom. The van der Waals surface area contributed by atoms with E-state index in [1.807, 2.05) is 0 Å². The number of fused-ring (bicyclic) bond motifs is 1. The third-order valence-corrected chi connectivity index (χ3v) is 8.07. The van der Waals surface area contributed by atoms with E-state index in [-0.39, 0.29) is 29.7 Å². The molecule has 0 bridgehead atoms. The van der Waals surface area contributed by atoms with Gasteiger partial charge in [0.15, 0.2) is 11.5 Å². The zero-order chi connectivity index (χ0) is 24.3. The first-order chi connectivity index (χ1) is 16.3. The van der Waals surface area contributed by atoms with Gasteiger partial charge in [-0.15, -0.1) is 0 Å². The van der Waals surface area contributed by atoms with Crippen molar-refractivity contribution in [2.24, 2.45) is 5.92 Å². The van der Waals surface area contributed by atoms with Crippen molar-refractivity contribution in [1.29, 1.82) is 0 Å². The van der Waals surface area contributed by atoms with Crippen LogP contribution in [0.5, 0.6) is 11.5 Å². The number of nitrogens with one attached hydrogen (secondary N) is 1. The number of anilines is 2. The summed E-state index contributed by atoms with van der Waals surface area (Å²) in [5.74, 6) is 0.259. The molecule has 34 heavy (non-hydrogen) atoms. The molecule has 1 N–H and O–H groups in total. The molecule has 2 aromatic carbocycles. The molecule has 1 fully saturated rings. The van der Waals surface area contributed by atoms with Gasteiger partial charge in [0, 0.05) is 49.9 Å². The highest BCUT2D eigenvalue weighted by molar-refractivity contribution is 7.89. The van der Waals surface area contributed by atoms with Crippen LogP contribution < -0.4 is 19.7 Å². The maximum Gasteiger partial charge on any atom is 0.243 e. The molecule has 2 amide bonds. The summed E-state index contributed by atoms with van der Waals surface area (Å²) in [6.07, 6.45) is 0.870. The Hall–Kier alpha value is -3.11. The van der Waals surface area contributed by atoms with Crippen LogP contribution >= 0.6 is 0 Å². The number of carbonyl (C=O) groups excluding carboxylic acids is 2. The van der Waals surface area contributed by atoms with Gasteiger partial charge < -0.3 is 19.7 Å². The van der Waals surface area contributed by atoms with E-state index < -0.39 is 15.9 Å². The van der Waals surface area contributed by atoms with Gasteiger partial charge in [-0.1, -0.05) is 13.8 Å². The molecule has 1 atom stereocenters. The lowest BCUT2D eigenvalue weighted by atomic mass is 10.1. The first-order valence-electron chi connectivity index (χ1n) is 11.4. The molecule has 0 spiro atoms. The molecule has 1 saturated heterocycles. The van der Waals surface area contributed by atoms with Crippen LogP contribution in [0.15, 0.2) is 47.4 Å². The van der Waals surface area contributed by atoms with Crippen molar-refractivity contribution in [3.63, 3.8) is 0 Å². The second-order valence-electron chi connectivity index (χ2n) is 8.19. The fraction of sp³-hybridized carbons (Fsp3) is 0.417. The molecule has 0 aliphatic carbocycles. The Kier molecular flexibility index (Phi) is 7.08. The van der Waals surface area contributed by atoms with Crippen LogP contribution in [0.25, 0.3) is 0 Å². The van der Waals surface area contributed by atoms with Gasteiger partial charge in [0.25, 0.3) is 0 Å². The Labute approximate surface area is 199 Å². The number of benzene rings is 2. The van der Waals surface area contributed by atoms with Gasteiger partial charge in [-0.2, -0.15) is 4.31 Å². The summed E-state index contributed by atoms with van der Waals surface area (Å²) in [5, 5.41) is 2.86. The predicted octanol–water partition coefficient (Wildman–Crippen LogP) is 2.87. The average molecular weight is 488 g/mol. The molecular formula is C24H29N3O6S. The predicted molar refractivity (Wildman–Crippen MR) is 128 cm³/mol. The van der Waals surface area contributed by atoms with Crippen LogP contribution in [-0.4, -0.2) is 57.4 Å². The monoisotopic (exact) mass is 487 g/mol. The summed E-state index contributed by atoms with van der Waals surface area (Å²) in [4.78, 5) is 27.2. The van der Waals surface area contributed by atoms with Crippen LogP contribution in [0.3, 0.4) is 0 Å². The third kappa shape index (κ3) is 4.88. The minimum Gasteiger partial charge on any atom is -0.490 e. The van der Waals surface area contributed by atoms with Crippen molar-refractivity contribution in [3.05, 3.63) is 42.5 Å². The van der Waals surface area contributed by atoms with E-state index in [1.54, 1.807) is 44.2 Å². The van der Waals surface area contributed by atoms with Crippen molar-refractivity contribution in [3.8, 4) is 11.5 Å². The SMILES string of the molecule is CCN(CC)S(=O)(=O)c1ccc(N2C[C@@H](C(=O)Nc3ccc4c(c3)OCCCO4)CC2=O)cc1. The number of sulfonamides is 1. The van der Waals surface area contributed by atoms with E-state index in [9.17, 15) is 18.0 Å². The first kappa shape index (κ1) is 24.0. The first-order valence-corrected chi connectivity index (χ1v) is 12.9. The number of carbonyl (C=O) groups is 2. The van der Waals surface area contributed by atoms with E-state index in [2.05, 4.69) is 5.32 Å². The fourth-order valence-electron chi connectivity index (χ4n) is 4.13. The van der Waals surface area contributed by atoms with Crippen molar-refractivity contribution in [2.75, 3.05) is 43.1 Å². The van der Waals surface area contributed by atoms with Gasteiger partial charge in [0.05, 0.1) is 24.0 Å². The molecule has 0 aromatic heterocycles. The van der Waals surface area contributed by atoms with Crippen LogP contribution in [0, 0.1) is 5.92 Å². The smallest absolute Gasteiger partial charge is 0.243 e. The Morgan fingerprint density at radius 3 is 2.41 bits per heavy atom. The summed E-state index contributed by atoms with van der Waals surface area (Å²) in [7, 11) is -3.58. The number of ether oxygens (including phenoxy) is 2. The molecular weight excluding hydrogens is 458 g/mol. The minimum atomic E-state index is -3.58. The van der Waals surface area contributed by atoms with Crippen LogP contribution in [-0.2, 0) is 19.6 Å². The van der Waals surface area contributed by atoms with Crippen LogP contribution in [0.4, 0.5) is 11.4 Å². The Bertz CT molecular complexity index is 1160. The van der Waals surface area contributed by atoms with E-state index in [4.69, 9.17) is 9.47 Å². The lowest BCUT2D eigenvalue weighted by molar-refractivity contribution is -0.122. The third-order valence-electron chi connectivity index (χ3n) is 6.00. The number of rotatable bonds is 7. The molecule has 0 radical (unpaired) electrons. The van der Waals surface area contributed by atoms with Gasteiger partial charge in [-0.3, -0.25) is 9.59 Å². The van der Waals surface area contributed by atoms with Crippen molar-refractivity contribution in [2.45, 2.75) is 31.6 Å². The fourth-order valence-corrected chi connectivity index (χ4v) is 5.59. The van der Waals surface area contributed by atoms with Gasteiger partial charge in [-0.05, 0) is 36.4 Å². The second-order valence-corrected chi connectivity index (χ2v) is 10.1. The van der Waals surface area contributed by atoms with Crippen LogP contribution in [0.2, 0.25) is 0 Å². The number of nitrogens with zero attached hydrogens (tertiary/aromatic N) is 2. The number of hydrogen-bond acceptors (Lipinski definition) is 6. The summed E-state index contributed by atoms with van der Waals surface area (Å²) in [6.45, 7) is 5.69. The number of hydrogen-bond donors (Lipinski definition) is 1. The normalized spacial score (nSPS) is 18.1. The zero-order valence-corrected chi connectivity index (χ0v) is 20.1. The maximum absolute atomic E-state index is 12.9. The summed E-state index contributed by atoms with van der Waals surface area (Å²) < 4.78 is 38.0. The lowest BCUT2D eigenvalue weighted by Crippen LogP contribution is -2.31. The van der Waals surface area contributed by atoms with E-state index in [1.165, 1.54) is 21.3 Å². The molecule has 182 valence electrons. The van der Waals surface area contributed by atoms with E-state index in [0.717, 1.165) is 6.42 Å². The van der Waals surface area contributed by atoms with E-state index in [0.29, 0.717) is 49.2 Å². The molecule has 2 aromatic rings. The quantitative estimate of drug-likeness (QED) is 0.644. The summed E-state index contributed by atoms with van der Waals surface area (Å²) >= 11 is 0. The van der Waals surface area contributed by atoms with Crippen LogP contribution in [0.1, 0.15) is 26.7 Å². The molecule has 2 aliphatic rings. The van der Waals surface area contributed by atoms with E-state index >= 15 is 0 Å². The molecule has 2 heterocycles. The van der Waals surface area contributed by atoms with Crippen molar-refractivity contribution in [1.82, 2.24) is 4.31 Å². The highest BCUT2D eigenvalue weighted by Crippen LogP contribution is 2.33. The lowest BCUT2D eigenvalue weighted by Gasteiger charge is -2.20. The van der Waals surface area contributed by atoms with Gasteiger partial charge in [0.2, 0.25) is 21.8 Å². The highest BCUT2D eigenvalue weighted by atomic mass is 32.2. The molecule has 0 unspecified atom stereocenters. The highest BCUT2D eigenvalue weighted by Gasteiger charge is 2.35. The molecule has 10 heteroatoms. The minimum absolute atomic E-state index is 0.0792. The molecule has 0 saturated carbocycles. The number of amides is 2. The second kappa shape index (κ2) is 10.0. The van der Waals surface area contributed by atoms with Gasteiger partial charge in [0.1, 0.15) is 0 Å². The van der Waals surface area contributed by atoms with Gasteiger partial charge >= 0.3 is 0 Å². The Morgan fingerprint density at radius 1 is 1.06 bits per heavy atom. The molecule has 4 rings (SSSR count). The van der Waals surface area contributed by atoms with Gasteiger partial charge in [-0.25, -0.2) is 8.42 Å². The Balaban J connectivity index is 1.43. The largest absolute Gasteiger partial charge is 0.490 e. The topological polar surface area (TPSA) is 105 Å².